The van der Waals surface area contributed by atoms with Gasteiger partial charge in [-0.3, -0.25) is 9.48 Å². The number of rotatable bonds is 4. The molecule has 0 saturated heterocycles. The summed E-state index contributed by atoms with van der Waals surface area (Å²) in [5.41, 5.74) is 8.95. The van der Waals surface area contributed by atoms with Gasteiger partial charge in [-0.2, -0.15) is 5.10 Å². The molecule has 19 heavy (non-hydrogen) atoms. The lowest BCUT2D eigenvalue weighted by Crippen LogP contribution is -2.33. The van der Waals surface area contributed by atoms with Crippen LogP contribution in [-0.2, 0) is 18.4 Å². The molecule has 0 bridgehead atoms. The second kappa shape index (κ2) is 5.54. The van der Waals surface area contributed by atoms with Gasteiger partial charge < -0.3 is 11.1 Å². The molecule has 0 radical (unpaired) electrons. The maximum Gasteiger partial charge on any atom is 0.242 e. The van der Waals surface area contributed by atoms with Gasteiger partial charge in [0.05, 0.1) is 5.69 Å². The Labute approximate surface area is 116 Å². The van der Waals surface area contributed by atoms with Crippen molar-refractivity contribution in [2.75, 3.05) is 0 Å². The number of nitrogens with two attached hydrogens (primary N) is 1. The Hall–Kier alpha value is -1.66. The normalized spacial score (nSPS) is 12.4. The van der Waals surface area contributed by atoms with Crippen LogP contribution in [0.2, 0.25) is 0 Å². The Morgan fingerprint density at radius 1 is 1.58 bits per heavy atom. The molecule has 2 aromatic heterocycles. The van der Waals surface area contributed by atoms with Gasteiger partial charge in [0.1, 0.15) is 6.04 Å². The summed E-state index contributed by atoms with van der Waals surface area (Å²) in [6.07, 6.45) is 0. The van der Waals surface area contributed by atoms with Gasteiger partial charge in [-0.05, 0) is 25.3 Å². The number of aromatic nitrogens is 2. The minimum absolute atomic E-state index is 0.162. The first kappa shape index (κ1) is 13.8. The number of hydrogen-bond donors (Lipinski definition) is 2. The third-order valence-corrected chi connectivity index (χ3v) is 4.19. The molecular weight excluding hydrogens is 260 g/mol. The highest BCUT2D eigenvalue weighted by Crippen LogP contribution is 2.17. The van der Waals surface area contributed by atoms with E-state index in [9.17, 15) is 4.79 Å². The number of aryl methyl sites for hydroxylation is 2. The van der Waals surface area contributed by atoms with Crippen molar-refractivity contribution < 1.29 is 4.79 Å². The summed E-state index contributed by atoms with van der Waals surface area (Å²) in [6.45, 7) is 4.39. The van der Waals surface area contributed by atoms with Crippen molar-refractivity contribution in [1.29, 1.82) is 0 Å². The van der Waals surface area contributed by atoms with Crippen LogP contribution in [0.3, 0.4) is 0 Å². The van der Waals surface area contributed by atoms with E-state index in [1.165, 1.54) is 11.3 Å². The molecule has 0 aromatic carbocycles. The number of nitrogens with zero attached hydrogens (tertiary/aromatic N) is 2. The Kier molecular flexibility index (Phi) is 4.01. The summed E-state index contributed by atoms with van der Waals surface area (Å²) < 4.78 is 1.82. The zero-order valence-corrected chi connectivity index (χ0v) is 12.1. The predicted octanol–water partition coefficient (Wildman–Crippen LogP) is 1.41. The molecule has 5 nitrogen and oxygen atoms in total. The second-order valence-electron chi connectivity index (χ2n) is 4.48. The van der Waals surface area contributed by atoms with Crippen molar-refractivity contribution in [3.05, 3.63) is 39.3 Å². The van der Waals surface area contributed by atoms with Gasteiger partial charge >= 0.3 is 0 Å². The topological polar surface area (TPSA) is 72.9 Å². The van der Waals surface area contributed by atoms with E-state index in [-0.39, 0.29) is 5.91 Å². The molecule has 2 heterocycles. The van der Waals surface area contributed by atoms with Crippen molar-refractivity contribution in [2.45, 2.75) is 26.4 Å². The molecule has 0 aliphatic heterocycles. The predicted molar refractivity (Wildman–Crippen MR) is 75.8 cm³/mol. The van der Waals surface area contributed by atoms with Crippen LogP contribution in [0.4, 0.5) is 0 Å². The van der Waals surface area contributed by atoms with Crippen LogP contribution in [0.5, 0.6) is 0 Å². The molecule has 1 atom stereocenters. The minimum atomic E-state index is -0.600. The van der Waals surface area contributed by atoms with Crippen LogP contribution in [0.1, 0.15) is 27.9 Å². The van der Waals surface area contributed by atoms with Crippen molar-refractivity contribution in [1.82, 2.24) is 15.1 Å². The standard InChI is InChI=1S/C13H18N4OS/c1-8-10(9(2)17(3)16-8)7-15-13(18)12(14)11-5-4-6-19-11/h4-6,12H,7,14H2,1-3H3,(H,15,18). The van der Waals surface area contributed by atoms with Gasteiger partial charge in [-0.15, -0.1) is 11.3 Å². The smallest absolute Gasteiger partial charge is 0.242 e. The third-order valence-electron chi connectivity index (χ3n) is 3.23. The van der Waals surface area contributed by atoms with E-state index in [1.807, 2.05) is 43.1 Å². The summed E-state index contributed by atoms with van der Waals surface area (Å²) in [5, 5.41) is 9.11. The SMILES string of the molecule is Cc1nn(C)c(C)c1CNC(=O)C(N)c1cccs1. The number of carbonyl (C=O) groups is 1. The fourth-order valence-corrected chi connectivity index (χ4v) is 2.68. The summed E-state index contributed by atoms with van der Waals surface area (Å²) >= 11 is 1.49. The Morgan fingerprint density at radius 2 is 2.32 bits per heavy atom. The summed E-state index contributed by atoms with van der Waals surface area (Å²) in [5.74, 6) is -0.162. The molecule has 2 rings (SSSR count). The summed E-state index contributed by atoms with van der Waals surface area (Å²) in [4.78, 5) is 12.9. The van der Waals surface area contributed by atoms with Gasteiger partial charge in [0, 0.05) is 29.7 Å². The van der Waals surface area contributed by atoms with Gasteiger partial charge in [0.25, 0.3) is 0 Å². The zero-order valence-electron chi connectivity index (χ0n) is 11.3. The largest absolute Gasteiger partial charge is 0.350 e. The van der Waals surface area contributed by atoms with Crippen molar-refractivity contribution in [2.24, 2.45) is 12.8 Å². The van der Waals surface area contributed by atoms with Gasteiger partial charge in [0.15, 0.2) is 0 Å². The molecule has 3 N–H and O–H groups in total. The highest BCUT2D eigenvalue weighted by molar-refractivity contribution is 7.10. The van der Waals surface area contributed by atoms with Crippen LogP contribution in [0.25, 0.3) is 0 Å². The molecule has 102 valence electrons. The van der Waals surface area contributed by atoms with Crippen LogP contribution in [0, 0.1) is 13.8 Å². The first-order valence-electron chi connectivity index (χ1n) is 6.06. The molecular formula is C13H18N4OS. The van der Waals surface area contributed by atoms with Crippen LogP contribution < -0.4 is 11.1 Å². The molecule has 0 spiro atoms. The van der Waals surface area contributed by atoms with E-state index in [0.717, 1.165) is 21.8 Å². The number of thiophene rings is 1. The monoisotopic (exact) mass is 278 g/mol. The summed E-state index contributed by atoms with van der Waals surface area (Å²) in [7, 11) is 1.89. The highest BCUT2D eigenvalue weighted by Gasteiger charge is 2.17. The number of amides is 1. The van der Waals surface area contributed by atoms with E-state index >= 15 is 0 Å². The zero-order chi connectivity index (χ0) is 14.0. The number of carbonyl (C=O) groups excluding carboxylic acids is 1. The van der Waals surface area contributed by atoms with Crippen molar-refractivity contribution in [3.8, 4) is 0 Å². The molecule has 1 amide bonds. The highest BCUT2D eigenvalue weighted by atomic mass is 32.1. The molecule has 0 aliphatic rings. The van der Waals surface area contributed by atoms with Crippen LogP contribution >= 0.6 is 11.3 Å². The molecule has 0 fully saturated rings. The fraction of sp³-hybridized carbons (Fsp3) is 0.385. The first-order valence-corrected chi connectivity index (χ1v) is 6.94. The van der Waals surface area contributed by atoms with E-state index in [1.54, 1.807) is 0 Å². The van der Waals surface area contributed by atoms with E-state index in [0.29, 0.717) is 6.54 Å². The van der Waals surface area contributed by atoms with Crippen LogP contribution in [0.15, 0.2) is 17.5 Å². The average Bonchev–Trinajstić information content (AvgIpc) is 2.97. The minimum Gasteiger partial charge on any atom is -0.350 e. The second-order valence-corrected chi connectivity index (χ2v) is 5.46. The third kappa shape index (κ3) is 2.85. The Balaban J connectivity index is 2.01. The van der Waals surface area contributed by atoms with Crippen LogP contribution in [-0.4, -0.2) is 15.7 Å². The molecule has 1 unspecified atom stereocenters. The first-order chi connectivity index (χ1) is 9.00. The van der Waals surface area contributed by atoms with Gasteiger partial charge in [0.2, 0.25) is 5.91 Å². The molecule has 0 aliphatic carbocycles. The van der Waals surface area contributed by atoms with E-state index in [2.05, 4.69) is 10.4 Å². The van der Waals surface area contributed by atoms with Gasteiger partial charge in [-0.1, -0.05) is 6.07 Å². The lowest BCUT2D eigenvalue weighted by atomic mass is 10.2. The number of nitrogens with one attached hydrogen (secondary N) is 1. The molecule has 2 aromatic rings. The Morgan fingerprint density at radius 3 is 2.84 bits per heavy atom. The number of hydrogen-bond acceptors (Lipinski definition) is 4. The van der Waals surface area contributed by atoms with Gasteiger partial charge in [-0.25, -0.2) is 0 Å². The van der Waals surface area contributed by atoms with Crippen molar-refractivity contribution >= 4 is 17.2 Å². The fourth-order valence-electron chi connectivity index (χ4n) is 1.96. The van der Waals surface area contributed by atoms with E-state index in [4.69, 9.17) is 5.73 Å². The molecule has 0 saturated carbocycles. The maximum atomic E-state index is 12.0. The lowest BCUT2D eigenvalue weighted by molar-refractivity contribution is -0.122. The lowest BCUT2D eigenvalue weighted by Gasteiger charge is -2.11. The van der Waals surface area contributed by atoms with Crippen molar-refractivity contribution in [3.63, 3.8) is 0 Å². The molecule has 6 heteroatoms. The average molecular weight is 278 g/mol. The van der Waals surface area contributed by atoms with E-state index < -0.39 is 6.04 Å². The maximum absolute atomic E-state index is 12.0. The quantitative estimate of drug-likeness (QED) is 0.888. The Bertz CT molecular complexity index is 574. The summed E-state index contributed by atoms with van der Waals surface area (Å²) in [6, 6.07) is 3.16.